The molecule has 1 amide bonds. The minimum absolute atomic E-state index is 0.124. The maximum absolute atomic E-state index is 12.5. The summed E-state index contributed by atoms with van der Waals surface area (Å²) in [6, 6.07) is 3.15. The van der Waals surface area contributed by atoms with Crippen LogP contribution in [0.15, 0.2) is 23.8 Å². The van der Waals surface area contributed by atoms with Gasteiger partial charge in [0, 0.05) is 18.2 Å². The number of amides is 1. The van der Waals surface area contributed by atoms with Crippen molar-refractivity contribution >= 4 is 28.5 Å². The molecule has 2 aliphatic carbocycles. The van der Waals surface area contributed by atoms with Gasteiger partial charge in [0.05, 0.1) is 23.9 Å². The highest BCUT2D eigenvalue weighted by atomic mass is 127. The van der Waals surface area contributed by atoms with Crippen LogP contribution in [0.3, 0.4) is 0 Å². The van der Waals surface area contributed by atoms with Crippen molar-refractivity contribution in [2.45, 2.75) is 44.1 Å². The summed E-state index contributed by atoms with van der Waals surface area (Å²) in [6.07, 6.45) is 2.78. The van der Waals surface area contributed by atoms with Gasteiger partial charge in [-0.05, 0) is 78.1 Å². The lowest BCUT2D eigenvalue weighted by Crippen LogP contribution is -2.52. The Bertz CT molecular complexity index is 783. The molecular weight excluding hydrogens is 503 g/mol. The van der Waals surface area contributed by atoms with Gasteiger partial charge in [-0.1, -0.05) is 0 Å². The van der Waals surface area contributed by atoms with Crippen LogP contribution in [0.2, 0.25) is 0 Å². The number of aliphatic hydroxyl groups is 3. The Morgan fingerprint density at radius 2 is 2.07 bits per heavy atom. The molecule has 3 rings (SSSR count). The van der Waals surface area contributed by atoms with Gasteiger partial charge in [-0.25, -0.2) is 0 Å². The largest absolute Gasteiger partial charge is 0.493 e. The van der Waals surface area contributed by atoms with Gasteiger partial charge < -0.3 is 35.4 Å². The minimum atomic E-state index is -0.851. The fourth-order valence-corrected chi connectivity index (χ4v) is 4.25. The van der Waals surface area contributed by atoms with Crippen molar-refractivity contribution in [1.29, 1.82) is 0 Å². The molecule has 0 spiro atoms. The second-order valence-electron chi connectivity index (χ2n) is 7.67. The highest BCUT2D eigenvalue weighted by Crippen LogP contribution is 2.36. The van der Waals surface area contributed by atoms with Crippen LogP contribution in [-0.4, -0.2) is 66.3 Å². The van der Waals surface area contributed by atoms with Crippen LogP contribution < -0.4 is 20.1 Å². The molecule has 0 heterocycles. The number of hydrogen-bond donors (Lipinski definition) is 5. The van der Waals surface area contributed by atoms with Gasteiger partial charge in [-0.3, -0.25) is 4.79 Å². The summed E-state index contributed by atoms with van der Waals surface area (Å²) in [5, 5.41) is 35.4. The van der Waals surface area contributed by atoms with Gasteiger partial charge in [0.2, 0.25) is 5.91 Å². The number of methoxy groups -OCH3 is 1. The number of carbonyl (C=O) groups is 1. The summed E-state index contributed by atoms with van der Waals surface area (Å²) in [5.74, 6) is 1.25. The van der Waals surface area contributed by atoms with E-state index in [-0.39, 0.29) is 31.7 Å². The molecule has 8 nitrogen and oxygen atoms in total. The van der Waals surface area contributed by atoms with Crippen molar-refractivity contribution in [3.8, 4) is 11.5 Å². The van der Waals surface area contributed by atoms with Gasteiger partial charge in [0.1, 0.15) is 12.2 Å². The number of nitrogens with one attached hydrogen (secondary N) is 2. The Morgan fingerprint density at radius 1 is 1.30 bits per heavy atom. The first-order valence-electron chi connectivity index (χ1n) is 10.1. The number of aliphatic hydroxyl groups excluding tert-OH is 3. The van der Waals surface area contributed by atoms with E-state index in [1.165, 1.54) is 20.0 Å². The van der Waals surface area contributed by atoms with E-state index in [1.807, 2.05) is 0 Å². The Hall–Kier alpha value is -1.40. The first-order valence-corrected chi connectivity index (χ1v) is 11.2. The van der Waals surface area contributed by atoms with Crippen molar-refractivity contribution in [2.75, 3.05) is 26.8 Å². The number of rotatable bonds is 10. The summed E-state index contributed by atoms with van der Waals surface area (Å²) < 4.78 is 12.3. The van der Waals surface area contributed by atoms with Gasteiger partial charge in [0.25, 0.3) is 0 Å². The summed E-state index contributed by atoms with van der Waals surface area (Å²) in [5.41, 5.74) is 1.20. The molecule has 0 unspecified atom stereocenters. The zero-order valence-corrected chi connectivity index (χ0v) is 19.1. The summed E-state index contributed by atoms with van der Waals surface area (Å²) in [7, 11) is 1.51. The fraction of sp³-hybridized carbons (Fsp3) is 0.571. The van der Waals surface area contributed by atoms with E-state index in [4.69, 9.17) is 14.6 Å². The predicted molar refractivity (Wildman–Crippen MR) is 119 cm³/mol. The lowest BCUT2D eigenvalue weighted by atomic mass is 9.89. The molecule has 9 heteroatoms. The number of carbonyl (C=O) groups excluding carboxylic acids is 1. The van der Waals surface area contributed by atoms with Crippen LogP contribution in [0.5, 0.6) is 11.5 Å². The highest BCUT2D eigenvalue weighted by molar-refractivity contribution is 14.1. The van der Waals surface area contributed by atoms with Crippen LogP contribution in [0.1, 0.15) is 24.8 Å². The van der Waals surface area contributed by atoms with E-state index < -0.39 is 12.2 Å². The molecule has 0 saturated heterocycles. The summed E-state index contributed by atoms with van der Waals surface area (Å²) >= 11 is 2.10. The average molecular weight is 532 g/mol. The van der Waals surface area contributed by atoms with E-state index in [1.54, 1.807) is 18.2 Å². The smallest absolute Gasteiger partial charge is 0.247 e. The maximum Gasteiger partial charge on any atom is 0.247 e. The molecule has 0 radical (unpaired) electrons. The lowest BCUT2D eigenvalue weighted by Gasteiger charge is -2.34. The van der Waals surface area contributed by atoms with E-state index in [0.717, 1.165) is 10.1 Å². The second-order valence-corrected chi connectivity index (χ2v) is 8.84. The standard InChI is InChI=1S/C21H29IN2O6/c1-29-18-7-13(11-26)6-15(22)20(18)30-17-9-14(21(28)23-4-5-25)8-16(19(17)27)24-10-12-2-3-12/h6-7,9,12,16-17,19,24-27H,2-5,8,10-11H2,1H3,(H,23,28)/t16-,17+,19+/m1/s1. The monoisotopic (exact) mass is 532 g/mol. The second kappa shape index (κ2) is 10.8. The topological polar surface area (TPSA) is 120 Å². The Morgan fingerprint density at radius 3 is 2.70 bits per heavy atom. The molecule has 1 saturated carbocycles. The third-order valence-electron chi connectivity index (χ3n) is 5.33. The quantitative estimate of drug-likeness (QED) is 0.282. The predicted octanol–water partition coefficient (Wildman–Crippen LogP) is 0.707. The highest BCUT2D eigenvalue weighted by Gasteiger charge is 2.37. The molecule has 0 bridgehead atoms. The summed E-state index contributed by atoms with van der Waals surface area (Å²) in [6.45, 7) is 0.698. The molecule has 1 aromatic rings. The van der Waals surface area contributed by atoms with Crippen LogP contribution in [-0.2, 0) is 11.4 Å². The van der Waals surface area contributed by atoms with Crippen LogP contribution in [0.25, 0.3) is 0 Å². The fourth-order valence-electron chi connectivity index (χ4n) is 3.45. The third kappa shape index (κ3) is 5.85. The van der Waals surface area contributed by atoms with E-state index in [9.17, 15) is 15.0 Å². The van der Waals surface area contributed by atoms with Gasteiger partial charge >= 0.3 is 0 Å². The molecule has 1 fully saturated rings. The van der Waals surface area contributed by atoms with Crippen LogP contribution in [0.4, 0.5) is 0 Å². The SMILES string of the molecule is COc1cc(CO)cc(I)c1O[C@H]1C=C(C(=O)NCCO)C[C@@H](NCC2CC2)[C@@H]1O. The van der Waals surface area contributed by atoms with Gasteiger partial charge in [-0.15, -0.1) is 0 Å². The van der Waals surface area contributed by atoms with E-state index >= 15 is 0 Å². The molecule has 2 aliphatic rings. The van der Waals surface area contributed by atoms with Crippen molar-refractivity contribution < 1.29 is 29.6 Å². The number of benzene rings is 1. The van der Waals surface area contributed by atoms with Crippen molar-refractivity contribution in [1.82, 2.24) is 10.6 Å². The van der Waals surface area contributed by atoms with Gasteiger partial charge in [0.15, 0.2) is 11.5 Å². The van der Waals surface area contributed by atoms with Crippen molar-refractivity contribution in [2.24, 2.45) is 5.92 Å². The maximum atomic E-state index is 12.5. The average Bonchev–Trinajstić information content (AvgIpc) is 3.57. The zero-order chi connectivity index (χ0) is 21.7. The Kier molecular flexibility index (Phi) is 8.35. The molecule has 5 N–H and O–H groups in total. The molecule has 0 aliphatic heterocycles. The Balaban J connectivity index is 1.84. The van der Waals surface area contributed by atoms with Crippen LogP contribution >= 0.6 is 22.6 Å². The first-order chi connectivity index (χ1) is 14.5. The molecular formula is C21H29IN2O6. The van der Waals surface area contributed by atoms with E-state index in [2.05, 4.69) is 33.2 Å². The first kappa shape index (κ1) is 23.3. The molecule has 166 valence electrons. The van der Waals surface area contributed by atoms with Gasteiger partial charge in [-0.2, -0.15) is 0 Å². The Labute approximate surface area is 189 Å². The lowest BCUT2D eigenvalue weighted by molar-refractivity contribution is -0.118. The minimum Gasteiger partial charge on any atom is -0.493 e. The molecule has 3 atom stereocenters. The molecule has 30 heavy (non-hydrogen) atoms. The third-order valence-corrected chi connectivity index (χ3v) is 6.14. The summed E-state index contributed by atoms with van der Waals surface area (Å²) in [4.78, 5) is 12.5. The molecule has 1 aromatic carbocycles. The van der Waals surface area contributed by atoms with Crippen molar-refractivity contribution in [3.63, 3.8) is 0 Å². The number of halogens is 1. The molecule has 0 aromatic heterocycles. The zero-order valence-electron chi connectivity index (χ0n) is 16.9. The van der Waals surface area contributed by atoms with E-state index in [0.29, 0.717) is 35.0 Å². The van der Waals surface area contributed by atoms with Crippen LogP contribution in [0, 0.1) is 9.49 Å². The number of hydrogen-bond acceptors (Lipinski definition) is 7. The van der Waals surface area contributed by atoms with Crippen molar-refractivity contribution in [3.05, 3.63) is 32.9 Å². The normalized spacial score (nSPS) is 23.6. The number of ether oxygens (including phenoxy) is 2.